The van der Waals surface area contributed by atoms with Crippen molar-refractivity contribution in [2.75, 3.05) is 57.5 Å². The lowest BCUT2D eigenvalue weighted by molar-refractivity contribution is -0.342. The molecule has 70 heavy (non-hydrogen) atoms. The van der Waals surface area contributed by atoms with Crippen LogP contribution in [-0.2, 0) is 11.3 Å². The molecule has 2 aromatic carbocycles. The maximum atomic E-state index is 14.9. The summed E-state index contributed by atoms with van der Waals surface area (Å²) in [5, 5.41) is 23.8. The highest BCUT2D eigenvalue weighted by atomic mass is 19.4. The zero-order valence-electron chi connectivity index (χ0n) is 39.4. The average Bonchev–Trinajstić information content (AvgIpc) is 4.17. The number of piperidine rings is 1. The van der Waals surface area contributed by atoms with Gasteiger partial charge in [0, 0.05) is 73.7 Å². The van der Waals surface area contributed by atoms with Gasteiger partial charge in [-0.05, 0) is 98.9 Å². The van der Waals surface area contributed by atoms with Gasteiger partial charge in [-0.15, -0.1) is 0 Å². The molecule has 1 radical (unpaired) electrons. The molecule has 2 aliphatic rings. The summed E-state index contributed by atoms with van der Waals surface area (Å²) in [6.45, 7) is 0.957. The number of alkyl halides is 4. The van der Waals surface area contributed by atoms with E-state index in [0.29, 0.717) is 76.7 Å². The molecule has 3 atom stereocenters. The Bertz CT molecular complexity index is 2680. The van der Waals surface area contributed by atoms with Crippen LogP contribution in [0.2, 0.25) is 0 Å². The average molecular weight is 973 g/mol. The number of methoxy groups -OCH3 is 1. The Balaban J connectivity index is 0.790. The van der Waals surface area contributed by atoms with Crippen LogP contribution < -0.4 is 26.0 Å². The van der Waals surface area contributed by atoms with Crippen LogP contribution in [0.4, 0.5) is 37.6 Å². The van der Waals surface area contributed by atoms with Crippen molar-refractivity contribution in [3.63, 3.8) is 0 Å². The smallest absolute Gasteiger partial charge is 0.495 e. The third kappa shape index (κ3) is 14.1. The van der Waals surface area contributed by atoms with Crippen LogP contribution in [-0.4, -0.2) is 113 Å². The minimum Gasteiger partial charge on any atom is -0.495 e. The second-order valence-electron chi connectivity index (χ2n) is 17.7. The van der Waals surface area contributed by atoms with E-state index < -0.39 is 38.6 Å². The van der Waals surface area contributed by atoms with Crippen molar-refractivity contribution in [3.8, 4) is 29.0 Å². The predicted octanol–water partition coefficient (Wildman–Crippen LogP) is 9.26. The number of unbranched alkanes of at least 4 members (excludes halogenated alkanes) is 5. The number of carbonyl (C=O) groups is 1. The number of nitrogens with one attached hydrogen (secondary N) is 6. The van der Waals surface area contributed by atoms with Crippen molar-refractivity contribution >= 4 is 47.4 Å². The number of aliphatic hydroxyl groups is 1. The zero-order chi connectivity index (χ0) is 49.6. The van der Waals surface area contributed by atoms with Gasteiger partial charge in [-0.3, -0.25) is 10.1 Å². The standard InChI is InChI=1S/C51H60BF6N9O3/c1-65-29-24-43(41(53)33-65)64-42-13-9-15-47-40(42)32-38(66(47)34-51(54,55)56)12-10-27-60-46-21-16-35(30-48(46)70-2)50(69)62-26-8-6-4-3-5-7-25-61-49(68)23-20-37-18-19-39(67(37)52(57)58)31-36-17-22-45(63-36)44-14-11-28-59-44/h9,11,13-19,21-22,28,30-32,41,43,50,59-60,62-64,69H,3-8,20,23-27,29,33-34H2,1-2H3/q-1/p+1/b39-31-/t41-,43+,50?/m0/s1. The Labute approximate surface area is 404 Å². The molecule has 0 aliphatic carbocycles. The molecular formula is C51H61BF6N9O3. The number of amides is 1. The Kier molecular flexibility index (Phi) is 18.0. The molecule has 0 spiro atoms. The van der Waals surface area contributed by atoms with Gasteiger partial charge in [0.15, 0.2) is 5.70 Å². The summed E-state index contributed by atoms with van der Waals surface area (Å²) < 4.78 is 92.0. The highest BCUT2D eigenvalue weighted by molar-refractivity contribution is 6.35. The van der Waals surface area contributed by atoms with E-state index in [2.05, 4.69) is 43.1 Å². The number of aromatic amines is 2. The van der Waals surface area contributed by atoms with Gasteiger partial charge in [-0.1, -0.05) is 43.7 Å². The number of ether oxygens (including phenoxy) is 1. The Hall–Kier alpha value is -6.36. The zero-order valence-corrected chi connectivity index (χ0v) is 39.4. The quantitative estimate of drug-likeness (QED) is 0.0114. The molecule has 1 fully saturated rings. The minimum absolute atomic E-state index is 0.0946. The normalized spacial score (nSPS) is 17.4. The van der Waals surface area contributed by atoms with E-state index in [0.717, 1.165) is 59.0 Å². The molecule has 1 saturated heterocycles. The summed E-state index contributed by atoms with van der Waals surface area (Å²) in [5.41, 5.74) is 5.45. The molecule has 7 rings (SSSR count). The molecule has 5 aromatic rings. The van der Waals surface area contributed by atoms with Crippen molar-refractivity contribution in [2.24, 2.45) is 0 Å². The largest absolute Gasteiger partial charge is 0.609 e. The predicted molar refractivity (Wildman–Crippen MR) is 265 cm³/mol. The summed E-state index contributed by atoms with van der Waals surface area (Å²) in [4.78, 5) is 20.8. The van der Waals surface area contributed by atoms with Gasteiger partial charge >= 0.3 is 13.6 Å². The fourth-order valence-electron chi connectivity index (χ4n) is 8.83. The lowest BCUT2D eigenvalue weighted by atomic mass is 10.0. The number of aliphatic hydroxyl groups excluding tert-OH is 1. The summed E-state index contributed by atoms with van der Waals surface area (Å²) in [7, 11) is 0.611. The molecule has 0 bridgehead atoms. The topological polar surface area (TPSA) is 137 Å². The fraction of sp³-hybridized carbons (Fsp3) is 0.412. The first-order valence-electron chi connectivity index (χ1n) is 23.8. The van der Waals surface area contributed by atoms with Crippen LogP contribution in [0.3, 0.4) is 0 Å². The van der Waals surface area contributed by atoms with Crippen LogP contribution >= 0.6 is 0 Å². The highest BCUT2D eigenvalue weighted by Gasteiger charge is 2.32. The van der Waals surface area contributed by atoms with E-state index in [1.807, 2.05) is 42.4 Å². The van der Waals surface area contributed by atoms with Gasteiger partial charge < -0.3 is 58.3 Å². The number of halogens is 6. The summed E-state index contributed by atoms with van der Waals surface area (Å²) in [5.74, 6) is 6.11. The number of allylic oxidation sites excluding steroid dienone is 2. The lowest BCUT2D eigenvalue weighted by Crippen LogP contribution is -2.46. The molecule has 3 aromatic heterocycles. The third-order valence-corrected chi connectivity index (χ3v) is 12.5. The number of fused-ring (bicyclic) bond motifs is 1. The van der Waals surface area contributed by atoms with Crippen LogP contribution in [0.5, 0.6) is 5.75 Å². The van der Waals surface area contributed by atoms with E-state index in [9.17, 15) is 36.1 Å². The first kappa shape index (κ1) is 51.5. The van der Waals surface area contributed by atoms with Crippen molar-refractivity contribution in [1.82, 2.24) is 30.1 Å². The molecule has 7 N–H and O–H groups in total. The highest BCUT2D eigenvalue weighted by Crippen LogP contribution is 2.32. The SMILES string of the molecule is COc1cc(C(O)NCCCCCCCCNC(=O)CCC2=[N+]([B-](F)F)/C(=C\c3ccc(-c4ccc[nH]4)[nH]3)C=C2)ccc1NCC#Cc1cc2c(N[C@@H]3CCN(C)C[C@@H]3F)cccc2n1CC(F)(F)F. The van der Waals surface area contributed by atoms with Crippen molar-refractivity contribution in [2.45, 2.75) is 88.9 Å². The molecule has 5 heterocycles. The van der Waals surface area contributed by atoms with E-state index in [1.165, 1.54) is 7.11 Å². The minimum atomic E-state index is -4.49. The number of likely N-dealkylation sites (tertiary alicyclic amines) is 1. The molecule has 373 valence electrons. The number of hydrogen-bond acceptors (Lipinski definition) is 7. The van der Waals surface area contributed by atoms with Crippen LogP contribution in [0.25, 0.3) is 28.4 Å². The number of nitrogens with zero attached hydrogens (tertiary/aromatic N) is 3. The molecular weight excluding hydrogens is 911 g/mol. The molecule has 1 unspecified atom stereocenters. The number of benzene rings is 2. The van der Waals surface area contributed by atoms with Crippen LogP contribution in [0.15, 0.2) is 90.8 Å². The Morgan fingerprint density at radius 3 is 2.54 bits per heavy atom. The van der Waals surface area contributed by atoms with Crippen molar-refractivity contribution in [3.05, 3.63) is 108 Å². The van der Waals surface area contributed by atoms with E-state index in [4.69, 9.17) is 4.74 Å². The van der Waals surface area contributed by atoms with Gasteiger partial charge in [0.1, 0.15) is 30.4 Å². The maximum absolute atomic E-state index is 14.9. The van der Waals surface area contributed by atoms with E-state index in [1.54, 1.807) is 60.7 Å². The van der Waals surface area contributed by atoms with Crippen molar-refractivity contribution < 1.29 is 45.3 Å². The van der Waals surface area contributed by atoms with E-state index in [-0.39, 0.29) is 37.5 Å². The van der Waals surface area contributed by atoms with Crippen LogP contribution in [0, 0.1) is 11.8 Å². The number of carbonyl (C=O) groups excluding carboxylic acids is 1. The van der Waals surface area contributed by atoms with Gasteiger partial charge in [0.25, 0.3) is 0 Å². The molecule has 12 nitrogen and oxygen atoms in total. The Morgan fingerprint density at radius 2 is 1.80 bits per heavy atom. The first-order valence-corrected chi connectivity index (χ1v) is 23.8. The number of hydrogen-bond donors (Lipinski definition) is 7. The second kappa shape index (κ2) is 24.5. The Morgan fingerprint density at radius 1 is 1.00 bits per heavy atom. The molecule has 0 saturated carbocycles. The van der Waals surface area contributed by atoms with Gasteiger partial charge in [-0.2, -0.15) is 13.2 Å². The van der Waals surface area contributed by atoms with Gasteiger partial charge in [-0.25, -0.2) is 4.39 Å². The molecule has 2 aliphatic heterocycles. The number of rotatable bonds is 23. The monoisotopic (exact) mass is 972 g/mol. The van der Waals surface area contributed by atoms with Crippen LogP contribution in [0.1, 0.15) is 81.0 Å². The second-order valence-corrected chi connectivity index (χ2v) is 17.7. The van der Waals surface area contributed by atoms with E-state index >= 15 is 0 Å². The molecule has 1 amide bonds. The maximum Gasteiger partial charge on any atom is 0.609 e. The number of H-pyrrole nitrogens is 2. The van der Waals surface area contributed by atoms with Gasteiger partial charge in [0.2, 0.25) is 5.91 Å². The van der Waals surface area contributed by atoms with Gasteiger partial charge in [0.05, 0.1) is 48.0 Å². The third-order valence-electron chi connectivity index (χ3n) is 12.5. The molecule has 19 heteroatoms. The number of anilines is 2. The summed E-state index contributed by atoms with van der Waals surface area (Å²) in [6.07, 6.45) is 6.58. The summed E-state index contributed by atoms with van der Waals surface area (Å²) in [6, 6.07) is 18.9. The lowest BCUT2D eigenvalue weighted by Gasteiger charge is -2.33. The summed E-state index contributed by atoms with van der Waals surface area (Å²) >= 11 is 0. The first-order chi connectivity index (χ1) is 33.8. The van der Waals surface area contributed by atoms with Crippen molar-refractivity contribution in [1.29, 1.82) is 0 Å². The number of aromatic nitrogens is 3. The fourth-order valence-corrected chi connectivity index (χ4v) is 8.83.